The SMILES string of the molecule is O=C(Cn1cc([N+](=O)[O-])cn1)N[C@H](CCO)C(=O)O. The lowest BCUT2D eigenvalue weighted by molar-refractivity contribution is -0.385. The number of aliphatic hydroxyl groups is 1. The molecule has 19 heavy (non-hydrogen) atoms. The molecule has 0 saturated heterocycles. The average Bonchev–Trinajstić information content (AvgIpc) is 2.76. The minimum Gasteiger partial charge on any atom is -0.480 e. The first-order chi connectivity index (χ1) is 8.93. The summed E-state index contributed by atoms with van der Waals surface area (Å²) in [4.78, 5) is 32.0. The number of hydrogen-bond donors (Lipinski definition) is 3. The Hall–Kier alpha value is -2.49. The molecule has 0 aliphatic carbocycles. The highest BCUT2D eigenvalue weighted by atomic mass is 16.6. The molecule has 0 unspecified atom stereocenters. The monoisotopic (exact) mass is 272 g/mol. The molecule has 0 aliphatic heterocycles. The summed E-state index contributed by atoms with van der Waals surface area (Å²) in [5, 5.41) is 33.6. The predicted molar refractivity (Wildman–Crippen MR) is 60.2 cm³/mol. The highest BCUT2D eigenvalue weighted by Crippen LogP contribution is 2.07. The van der Waals surface area contributed by atoms with E-state index in [1.807, 2.05) is 0 Å². The van der Waals surface area contributed by atoms with Crippen molar-refractivity contribution in [2.75, 3.05) is 6.61 Å². The molecule has 10 heteroatoms. The van der Waals surface area contributed by atoms with Gasteiger partial charge in [-0.15, -0.1) is 0 Å². The Kier molecular flexibility index (Phi) is 4.94. The normalized spacial score (nSPS) is 11.8. The van der Waals surface area contributed by atoms with Gasteiger partial charge in [-0.3, -0.25) is 19.6 Å². The van der Waals surface area contributed by atoms with Crippen molar-refractivity contribution in [2.24, 2.45) is 0 Å². The summed E-state index contributed by atoms with van der Waals surface area (Å²) < 4.78 is 1.02. The van der Waals surface area contributed by atoms with E-state index in [-0.39, 0.29) is 25.3 Å². The molecule has 1 aromatic rings. The second-order valence-electron chi connectivity index (χ2n) is 3.62. The number of carboxylic acids is 1. The fourth-order valence-electron chi connectivity index (χ4n) is 1.31. The lowest BCUT2D eigenvalue weighted by Gasteiger charge is -2.12. The minimum absolute atomic E-state index is 0.125. The third-order valence-electron chi connectivity index (χ3n) is 2.19. The van der Waals surface area contributed by atoms with E-state index in [1.54, 1.807) is 0 Å². The molecular formula is C9H12N4O6. The number of aromatic nitrogens is 2. The molecule has 0 aliphatic rings. The summed E-state index contributed by atoms with van der Waals surface area (Å²) in [6, 6.07) is -1.21. The van der Waals surface area contributed by atoms with Gasteiger partial charge in [-0.05, 0) is 0 Å². The van der Waals surface area contributed by atoms with Gasteiger partial charge in [0.2, 0.25) is 5.91 Å². The van der Waals surface area contributed by atoms with E-state index < -0.39 is 22.8 Å². The Morgan fingerprint density at radius 2 is 2.26 bits per heavy atom. The van der Waals surface area contributed by atoms with Crippen LogP contribution in [0.3, 0.4) is 0 Å². The number of hydrogen-bond acceptors (Lipinski definition) is 6. The van der Waals surface area contributed by atoms with Crippen molar-refractivity contribution in [1.82, 2.24) is 15.1 Å². The molecule has 0 radical (unpaired) electrons. The van der Waals surface area contributed by atoms with Crippen LogP contribution in [0.15, 0.2) is 12.4 Å². The minimum atomic E-state index is -1.27. The van der Waals surface area contributed by atoms with Crippen molar-refractivity contribution in [3.8, 4) is 0 Å². The average molecular weight is 272 g/mol. The van der Waals surface area contributed by atoms with Gasteiger partial charge < -0.3 is 15.5 Å². The fraction of sp³-hybridized carbons (Fsp3) is 0.444. The fourth-order valence-corrected chi connectivity index (χ4v) is 1.31. The van der Waals surface area contributed by atoms with E-state index in [9.17, 15) is 19.7 Å². The highest BCUT2D eigenvalue weighted by Gasteiger charge is 2.20. The van der Waals surface area contributed by atoms with Gasteiger partial charge in [-0.25, -0.2) is 4.79 Å². The summed E-state index contributed by atoms with van der Waals surface area (Å²) in [6.45, 7) is -0.729. The van der Waals surface area contributed by atoms with Crippen LogP contribution in [-0.2, 0) is 16.1 Å². The van der Waals surface area contributed by atoms with Gasteiger partial charge >= 0.3 is 11.7 Å². The van der Waals surface area contributed by atoms with Crippen molar-refractivity contribution in [3.05, 3.63) is 22.5 Å². The first-order valence-corrected chi connectivity index (χ1v) is 5.24. The Morgan fingerprint density at radius 1 is 1.58 bits per heavy atom. The van der Waals surface area contributed by atoms with Crippen molar-refractivity contribution in [1.29, 1.82) is 0 Å². The number of aliphatic carboxylic acids is 1. The molecule has 104 valence electrons. The number of carboxylic acid groups (broad SMARTS) is 1. The van der Waals surface area contributed by atoms with E-state index in [4.69, 9.17) is 10.2 Å². The standard InChI is InChI=1S/C9H12N4O6/c14-2-1-7(9(16)17)11-8(15)5-12-4-6(3-10-12)13(18)19/h3-4,7,14H,1-2,5H2,(H,11,15)(H,16,17)/t7-/m1/s1. The van der Waals surface area contributed by atoms with Crippen LogP contribution in [0.2, 0.25) is 0 Å². The van der Waals surface area contributed by atoms with Gasteiger partial charge in [0.1, 0.15) is 25.0 Å². The Balaban J connectivity index is 2.58. The second kappa shape index (κ2) is 6.44. The van der Waals surface area contributed by atoms with E-state index >= 15 is 0 Å². The second-order valence-corrected chi connectivity index (χ2v) is 3.62. The first-order valence-electron chi connectivity index (χ1n) is 5.24. The molecule has 0 bridgehead atoms. The van der Waals surface area contributed by atoms with Crippen LogP contribution >= 0.6 is 0 Å². The Bertz CT molecular complexity index is 485. The number of carbonyl (C=O) groups is 2. The van der Waals surface area contributed by atoms with Crippen LogP contribution in [0.4, 0.5) is 5.69 Å². The quantitative estimate of drug-likeness (QED) is 0.414. The molecule has 0 aromatic carbocycles. The van der Waals surface area contributed by atoms with E-state index in [0.717, 1.165) is 17.1 Å². The van der Waals surface area contributed by atoms with Crippen LogP contribution in [0, 0.1) is 10.1 Å². The first kappa shape index (κ1) is 14.6. The number of rotatable bonds is 7. The molecule has 1 aromatic heterocycles. The van der Waals surface area contributed by atoms with Crippen molar-refractivity contribution < 1.29 is 24.7 Å². The summed E-state index contributed by atoms with van der Waals surface area (Å²) in [5.74, 6) is -1.94. The number of nitro groups is 1. The van der Waals surface area contributed by atoms with E-state index in [1.165, 1.54) is 0 Å². The number of nitrogens with zero attached hydrogens (tertiary/aromatic N) is 3. The number of carbonyl (C=O) groups excluding carboxylic acids is 1. The summed E-state index contributed by atoms with van der Waals surface area (Å²) >= 11 is 0. The lowest BCUT2D eigenvalue weighted by atomic mass is 10.2. The molecule has 0 saturated carbocycles. The maximum atomic E-state index is 11.5. The molecule has 0 fully saturated rings. The Morgan fingerprint density at radius 3 is 2.74 bits per heavy atom. The molecular weight excluding hydrogens is 260 g/mol. The van der Waals surface area contributed by atoms with Crippen molar-refractivity contribution >= 4 is 17.6 Å². The zero-order valence-corrected chi connectivity index (χ0v) is 9.72. The maximum absolute atomic E-state index is 11.5. The Labute approximate surface area is 106 Å². The number of aliphatic hydroxyl groups excluding tert-OH is 1. The highest BCUT2D eigenvalue weighted by molar-refractivity contribution is 5.83. The van der Waals surface area contributed by atoms with Crippen LogP contribution in [0.25, 0.3) is 0 Å². The van der Waals surface area contributed by atoms with Gasteiger partial charge in [0.25, 0.3) is 0 Å². The predicted octanol–water partition coefficient (Wildman–Crippen LogP) is -1.26. The van der Waals surface area contributed by atoms with Gasteiger partial charge in [-0.2, -0.15) is 5.10 Å². The number of nitrogens with one attached hydrogen (secondary N) is 1. The lowest BCUT2D eigenvalue weighted by Crippen LogP contribution is -2.42. The third kappa shape index (κ3) is 4.35. The van der Waals surface area contributed by atoms with E-state index in [2.05, 4.69) is 10.4 Å². The molecule has 1 amide bonds. The van der Waals surface area contributed by atoms with Crippen LogP contribution in [0.1, 0.15) is 6.42 Å². The molecule has 3 N–H and O–H groups in total. The summed E-state index contributed by atoms with van der Waals surface area (Å²) in [7, 11) is 0. The van der Waals surface area contributed by atoms with Crippen LogP contribution < -0.4 is 5.32 Å². The zero-order chi connectivity index (χ0) is 14.4. The molecule has 1 heterocycles. The van der Waals surface area contributed by atoms with Crippen molar-refractivity contribution in [3.63, 3.8) is 0 Å². The van der Waals surface area contributed by atoms with Gasteiger partial charge in [0.05, 0.1) is 4.92 Å². The molecule has 10 nitrogen and oxygen atoms in total. The topological polar surface area (TPSA) is 148 Å². The van der Waals surface area contributed by atoms with Crippen molar-refractivity contribution in [2.45, 2.75) is 19.0 Å². The van der Waals surface area contributed by atoms with Crippen LogP contribution in [0.5, 0.6) is 0 Å². The third-order valence-corrected chi connectivity index (χ3v) is 2.19. The smallest absolute Gasteiger partial charge is 0.326 e. The van der Waals surface area contributed by atoms with Gasteiger partial charge in [-0.1, -0.05) is 0 Å². The van der Waals surface area contributed by atoms with E-state index in [0.29, 0.717) is 0 Å². The molecule has 1 atom stereocenters. The zero-order valence-electron chi connectivity index (χ0n) is 9.72. The number of amides is 1. The molecule has 0 spiro atoms. The summed E-state index contributed by atoms with van der Waals surface area (Å²) in [6.07, 6.45) is 1.91. The van der Waals surface area contributed by atoms with Gasteiger partial charge in [0, 0.05) is 13.0 Å². The van der Waals surface area contributed by atoms with Crippen LogP contribution in [-0.4, -0.2) is 49.4 Å². The maximum Gasteiger partial charge on any atom is 0.326 e. The largest absolute Gasteiger partial charge is 0.480 e. The molecule has 1 rings (SSSR count). The van der Waals surface area contributed by atoms with Gasteiger partial charge in [0.15, 0.2) is 0 Å². The summed E-state index contributed by atoms with van der Waals surface area (Å²) in [5.41, 5.74) is -0.266.